The molecule has 2 rings (SSSR count). The van der Waals surface area contributed by atoms with Gasteiger partial charge in [-0.25, -0.2) is 0 Å². The van der Waals surface area contributed by atoms with Crippen LogP contribution in [0.2, 0.25) is 0 Å². The van der Waals surface area contributed by atoms with Gasteiger partial charge in [-0.15, -0.1) is 0 Å². The standard InChI is InChI=1S/C17H15NO2.C2H6/c1-13(20)18-17(12-19)11-14-7-9-16(10-8-14)15-5-3-2-4-6-15;1-2/h2-12H,1H3,(H,18,20);1-2H3/b17-11-;. The maximum absolute atomic E-state index is 10.9. The largest absolute Gasteiger partial charge is 0.324 e. The lowest BCUT2D eigenvalue weighted by Gasteiger charge is -2.03. The van der Waals surface area contributed by atoms with Crippen LogP contribution >= 0.6 is 0 Å². The van der Waals surface area contributed by atoms with E-state index in [2.05, 4.69) is 5.32 Å². The predicted molar refractivity (Wildman–Crippen MR) is 91.1 cm³/mol. The predicted octanol–water partition coefficient (Wildman–Crippen LogP) is 4.06. The second-order valence-electron chi connectivity index (χ2n) is 4.39. The van der Waals surface area contributed by atoms with Crippen LogP contribution in [0, 0.1) is 0 Å². The fourth-order valence-corrected chi connectivity index (χ4v) is 1.88. The van der Waals surface area contributed by atoms with E-state index in [-0.39, 0.29) is 11.6 Å². The van der Waals surface area contributed by atoms with Gasteiger partial charge >= 0.3 is 0 Å². The quantitative estimate of drug-likeness (QED) is 0.683. The van der Waals surface area contributed by atoms with E-state index < -0.39 is 0 Å². The van der Waals surface area contributed by atoms with Gasteiger partial charge in [-0.05, 0) is 22.8 Å². The minimum atomic E-state index is -0.260. The van der Waals surface area contributed by atoms with Crippen molar-refractivity contribution in [3.05, 3.63) is 65.9 Å². The molecule has 114 valence electrons. The van der Waals surface area contributed by atoms with Crippen molar-refractivity contribution in [2.75, 3.05) is 0 Å². The van der Waals surface area contributed by atoms with Gasteiger partial charge in [0.1, 0.15) is 0 Å². The van der Waals surface area contributed by atoms with Gasteiger partial charge in [0.05, 0.1) is 5.70 Å². The number of carbonyl (C=O) groups is 2. The fraction of sp³-hybridized carbons (Fsp3) is 0.158. The Labute approximate surface area is 131 Å². The topological polar surface area (TPSA) is 46.2 Å². The molecule has 0 aromatic heterocycles. The Morgan fingerprint density at radius 1 is 0.909 bits per heavy atom. The minimum absolute atomic E-state index is 0.255. The van der Waals surface area contributed by atoms with Crippen LogP contribution in [-0.2, 0) is 9.59 Å². The van der Waals surface area contributed by atoms with E-state index in [9.17, 15) is 9.59 Å². The van der Waals surface area contributed by atoms with Crippen molar-refractivity contribution < 1.29 is 9.59 Å². The van der Waals surface area contributed by atoms with Crippen LogP contribution in [0.3, 0.4) is 0 Å². The molecule has 0 heterocycles. The summed E-state index contributed by atoms with van der Waals surface area (Å²) < 4.78 is 0. The van der Waals surface area contributed by atoms with Crippen LogP contribution < -0.4 is 5.32 Å². The number of allylic oxidation sites excluding steroid dienone is 1. The van der Waals surface area contributed by atoms with E-state index >= 15 is 0 Å². The molecule has 0 radical (unpaired) electrons. The molecule has 0 fully saturated rings. The summed E-state index contributed by atoms with van der Waals surface area (Å²) in [6.45, 7) is 5.37. The molecule has 3 heteroatoms. The molecule has 0 bridgehead atoms. The van der Waals surface area contributed by atoms with E-state index in [0.717, 1.165) is 16.7 Å². The van der Waals surface area contributed by atoms with Crippen molar-refractivity contribution in [2.24, 2.45) is 0 Å². The SMILES string of the molecule is CC.CC(=O)N/C(C=O)=C\c1ccc(-c2ccccc2)cc1. The second-order valence-corrected chi connectivity index (χ2v) is 4.39. The average Bonchev–Trinajstić information content (AvgIpc) is 2.57. The lowest BCUT2D eigenvalue weighted by atomic mass is 10.0. The molecular formula is C19H21NO2. The zero-order valence-corrected chi connectivity index (χ0v) is 13.2. The number of nitrogens with one attached hydrogen (secondary N) is 1. The maximum Gasteiger partial charge on any atom is 0.221 e. The molecule has 2 aromatic carbocycles. The molecule has 0 saturated heterocycles. The van der Waals surface area contributed by atoms with Gasteiger partial charge in [-0.1, -0.05) is 68.4 Å². The smallest absolute Gasteiger partial charge is 0.221 e. The molecule has 0 aliphatic heterocycles. The maximum atomic E-state index is 10.9. The molecule has 22 heavy (non-hydrogen) atoms. The highest BCUT2D eigenvalue weighted by Gasteiger charge is 2.00. The number of carbonyl (C=O) groups excluding carboxylic acids is 2. The summed E-state index contributed by atoms with van der Waals surface area (Å²) in [4.78, 5) is 21.8. The first kappa shape index (κ1) is 17.4. The van der Waals surface area contributed by atoms with E-state index in [1.165, 1.54) is 6.92 Å². The summed E-state index contributed by atoms with van der Waals surface area (Å²) in [6, 6.07) is 17.8. The third kappa shape index (κ3) is 5.37. The Hall–Kier alpha value is -2.68. The van der Waals surface area contributed by atoms with Crippen LogP contribution in [-0.4, -0.2) is 12.2 Å². The zero-order valence-electron chi connectivity index (χ0n) is 13.2. The van der Waals surface area contributed by atoms with E-state index in [1.807, 2.05) is 68.4 Å². The third-order valence-corrected chi connectivity index (χ3v) is 2.79. The van der Waals surface area contributed by atoms with Crippen molar-refractivity contribution in [3.63, 3.8) is 0 Å². The van der Waals surface area contributed by atoms with Gasteiger partial charge < -0.3 is 5.32 Å². The number of hydrogen-bond donors (Lipinski definition) is 1. The Balaban J connectivity index is 0.00000116. The summed E-state index contributed by atoms with van der Waals surface area (Å²) in [5.41, 5.74) is 3.36. The number of benzene rings is 2. The number of amides is 1. The number of rotatable bonds is 4. The Morgan fingerprint density at radius 2 is 1.45 bits per heavy atom. The highest BCUT2D eigenvalue weighted by Crippen LogP contribution is 2.19. The summed E-state index contributed by atoms with van der Waals surface area (Å²) in [5.74, 6) is -0.260. The lowest BCUT2D eigenvalue weighted by Crippen LogP contribution is -2.19. The normalized spacial score (nSPS) is 10.2. The molecule has 1 amide bonds. The molecule has 3 nitrogen and oxygen atoms in total. The van der Waals surface area contributed by atoms with E-state index in [1.54, 1.807) is 6.08 Å². The van der Waals surface area contributed by atoms with Crippen LogP contribution in [0.15, 0.2) is 60.3 Å². The summed E-state index contributed by atoms with van der Waals surface area (Å²) >= 11 is 0. The Morgan fingerprint density at radius 3 is 1.95 bits per heavy atom. The van der Waals surface area contributed by atoms with Crippen molar-refractivity contribution >= 4 is 18.3 Å². The van der Waals surface area contributed by atoms with Crippen LogP contribution in [0.1, 0.15) is 26.3 Å². The minimum Gasteiger partial charge on any atom is -0.324 e. The third-order valence-electron chi connectivity index (χ3n) is 2.79. The summed E-state index contributed by atoms with van der Waals surface area (Å²) in [5, 5.41) is 2.48. The number of hydrogen-bond acceptors (Lipinski definition) is 2. The average molecular weight is 295 g/mol. The molecule has 0 aliphatic carbocycles. The van der Waals surface area contributed by atoms with Gasteiger partial charge in [0.25, 0.3) is 0 Å². The Bertz CT molecular complexity index is 628. The highest BCUT2D eigenvalue weighted by atomic mass is 16.2. The van der Waals surface area contributed by atoms with Gasteiger partial charge in [-0.3, -0.25) is 9.59 Å². The zero-order chi connectivity index (χ0) is 16.4. The van der Waals surface area contributed by atoms with Crippen molar-refractivity contribution in [1.82, 2.24) is 5.32 Å². The second kappa shape index (κ2) is 9.29. The first-order valence-corrected chi connectivity index (χ1v) is 7.29. The number of aldehydes is 1. The summed E-state index contributed by atoms with van der Waals surface area (Å²) in [6.07, 6.45) is 2.27. The first-order chi connectivity index (χ1) is 10.7. The summed E-state index contributed by atoms with van der Waals surface area (Å²) in [7, 11) is 0. The molecule has 0 unspecified atom stereocenters. The van der Waals surface area contributed by atoms with Gasteiger partial charge in [0.15, 0.2) is 6.29 Å². The van der Waals surface area contributed by atoms with Crippen molar-refractivity contribution in [3.8, 4) is 11.1 Å². The van der Waals surface area contributed by atoms with E-state index in [0.29, 0.717) is 6.29 Å². The molecule has 1 N–H and O–H groups in total. The highest BCUT2D eigenvalue weighted by molar-refractivity contribution is 5.89. The van der Waals surface area contributed by atoms with Crippen LogP contribution in [0.25, 0.3) is 17.2 Å². The fourth-order valence-electron chi connectivity index (χ4n) is 1.88. The Kier molecular flexibility index (Phi) is 7.34. The monoisotopic (exact) mass is 295 g/mol. The molecule has 0 atom stereocenters. The molecule has 0 spiro atoms. The lowest BCUT2D eigenvalue weighted by molar-refractivity contribution is -0.119. The molecule has 0 saturated carbocycles. The van der Waals surface area contributed by atoms with Crippen LogP contribution in [0.4, 0.5) is 0 Å². The molecule has 0 aliphatic rings. The van der Waals surface area contributed by atoms with E-state index in [4.69, 9.17) is 0 Å². The van der Waals surface area contributed by atoms with Crippen molar-refractivity contribution in [2.45, 2.75) is 20.8 Å². The van der Waals surface area contributed by atoms with Crippen LogP contribution in [0.5, 0.6) is 0 Å². The first-order valence-electron chi connectivity index (χ1n) is 7.29. The molecule has 2 aromatic rings. The van der Waals surface area contributed by atoms with Gasteiger partial charge in [0, 0.05) is 6.92 Å². The van der Waals surface area contributed by atoms with Gasteiger partial charge in [0.2, 0.25) is 5.91 Å². The van der Waals surface area contributed by atoms with Crippen molar-refractivity contribution in [1.29, 1.82) is 0 Å². The van der Waals surface area contributed by atoms with Gasteiger partial charge in [-0.2, -0.15) is 0 Å². The molecular weight excluding hydrogens is 274 g/mol.